The molecule has 0 spiro atoms. The van der Waals surface area contributed by atoms with Gasteiger partial charge in [-0.1, -0.05) is 6.07 Å². The Kier molecular flexibility index (Phi) is 6.13. The van der Waals surface area contributed by atoms with Crippen molar-refractivity contribution in [3.63, 3.8) is 0 Å². The number of anilines is 2. The van der Waals surface area contributed by atoms with Crippen LogP contribution in [0.5, 0.6) is 5.75 Å². The predicted molar refractivity (Wildman–Crippen MR) is 120 cm³/mol. The maximum Gasteiger partial charge on any atom is 0.253 e. The van der Waals surface area contributed by atoms with Gasteiger partial charge in [0.1, 0.15) is 12.4 Å². The normalized spacial score (nSPS) is 12.8. The van der Waals surface area contributed by atoms with Crippen LogP contribution in [-0.2, 0) is 11.3 Å². The van der Waals surface area contributed by atoms with Crippen molar-refractivity contribution in [1.82, 2.24) is 15.3 Å². The van der Waals surface area contributed by atoms with Crippen LogP contribution in [0.4, 0.5) is 11.5 Å². The van der Waals surface area contributed by atoms with Gasteiger partial charge in [0, 0.05) is 11.6 Å². The second kappa shape index (κ2) is 9.13. The van der Waals surface area contributed by atoms with Gasteiger partial charge in [0.25, 0.3) is 5.91 Å². The molecular weight excluding hydrogens is 414 g/mol. The maximum absolute atomic E-state index is 12.6. The molecule has 160 valence electrons. The zero-order valence-electron chi connectivity index (χ0n) is 17.3. The van der Waals surface area contributed by atoms with Gasteiger partial charge in [-0.25, -0.2) is 9.97 Å². The molecule has 3 heterocycles. The van der Waals surface area contributed by atoms with Crippen LogP contribution in [0.2, 0.25) is 0 Å². The number of amides is 2. The molecule has 2 amide bonds. The van der Waals surface area contributed by atoms with E-state index in [1.807, 2.05) is 37.4 Å². The summed E-state index contributed by atoms with van der Waals surface area (Å²) in [4.78, 5) is 35.2. The van der Waals surface area contributed by atoms with E-state index in [-0.39, 0.29) is 18.4 Å². The summed E-state index contributed by atoms with van der Waals surface area (Å²) in [5.74, 6) is 0.979. The molecule has 3 aromatic rings. The second-order valence-corrected chi connectivity index (χ2v) is 7.97. The van der Waals surface area contributed by atoms with E-state index in [1.54, 1.807) is 16.5 Å². The van der Waals surface area contributed by atoms with E-state index in [4.69, 9.17) is 4.74 Å². The molecule has 0 saturated heterocycles. The van der Waals surface area contributed by atoms with E-state index in [2.05, 4.69) is 20.6 Å². The van der Waals surface area contributed by atoms with Gasteiger partial charge in [0.2, 0.25) is 5.91 Å². The first-order valence-corrected chi connectivity index (χ1v) is 10.8. The minimum atomic E-state index is -0.273. The molecule has 1 aliphatic heterocycles. The topological polar surface area (TPSA) is 96.4 Å². The Morgan fingerprint density at radius 2 is 2.13 bits per heavy atom. The van der Waals surface area contributed by atoms with Crippen LogP contribution < -0.4 is 20.3 Å². The van der Waals surface area contributed by atoms with Crippen LogP contribution in [0.25, 0.3) is 0 Å². The molecule has 0 saturated carbocycles. The fourth-order valence-corrected chi connectivity index (χ4v) is 3.75. The number of rotatable bonds is 7. The molecule has 1 aromatic carbocycles. The van der Waals surface area contributed by atoms with Crippen LogP contribution >= 0.6 is 11.3 Å². The summed E-state index contributed by atoms with van der Waals surface area (Å²) in [5.41, 5.74) is 5.84. The number of pyridine rings is 1. The Balaban J connectivity index is 1.39. The van der Waals surface area contributed by atoms with Crippen LogP contribution in [0, 0.1) is 13.8 Å². The number of hydrogen-bond acceptors (Lipinski definition) is 7. The van der Waals surface area contributed by atoms with Crippen molar-refractivity contribution >= 4 is 34.7 Å². The number of carbonyl (C=O) groups excluding carboxylic acids is 2. The van der Waals surface area contributed by atoms with Gasteiger partial charge < -0.3 is 20.3 Å². The number of hydrogen-bond donors (Lipinski definition) is 2. The SMILES string of the molecule is Cc1ccc(OCCNC(=O)c2cnc3c(c2)N(Cc2cscn2)C(=O)CN3)cc1C. The molecule has 9 heteroatoms. The minimum absolute atomic E-state index is 0.0957. The molecule has 4 rings (SSSR count). The van der Waals surface area contributed by atoms with Gasteiger partial charge >= 0.3 is 0 Å². The van der Waals surface area contributed by atoms with Gasteiger partial charge in [-0.2, -0.15) is 0 Å². The third-order valence-corrected chi connectivity index (χ3v) is 5.70. The molecular formula is C22H23N5O3S. The Bertz CT molecular complexity index is 1100. The van der Waals surface area contributed by atoms with Crippen molar-refractivity contribution < 1.29 is 14.3 Å². The van der Waals surface area contributed by atoms with Gasteiger partial charge in [-0.3, -0.25) is 9.59 Å². The molecule has 0 bridgehead atoms. The number of aryl methyl sites for hydroxylation is 2. The Morgan fingerprint density at radius 3 is 2.90 bits per heavy atom. The highest BCUT2D eigenvalue weighted by Crippen LogP contribution is 2.29. The van der Waals surface area contributed by atoms with E-state index >= 15 is 0 Å². The van der Waals surface area contributed by atoms with Crippen molar-refractivity contribution in [3.05, 3.63) is 63.7 Å². The van der Waals surface area contributed by atoms with Gasteiger partial charge in [0.05, 0.1) is 42.1 Å². The molecule has 2 aromatic heterocycles. The molecule has 0 fully saturated rings. The highest BCUT2D eigenvalue weighted by atomic mass is 32.1. The third-order valence-electron chi connectivity index (χ3n) is 5.07. The number of benzene rings is 1. The Hall–Kier alpha value is -3.46. The number of fused-ring (bicyclic) bond motifs is 1. The smallest absolute Gasteiger partial charge is 0.253 e. The molecule has 0 radical (unpaired) electrons. The van der Waals surface area contributed by atoms with Crippen LogP contribution in [0.15, 0.2) is 41.4 Å². The number of ether oxygens (including phenoxy) is 1. The molecule has 0 unspecified atom stereocenters. The average molecular weight is 438 g/mol. The standard InChI is InChI=1S/C22H23N5O3S/c1-14-3-4-18(7-15(14)2)30-6-5-23-22(29)16-8-19-21(24-9-16)25-10-20(28)27(19)11-17-12-31-13-26-17/h3-4,7-9,12-13H,5-6,10-11H2,1-2H3,(H,23,29)(H,24,25). The van der Waals surface area contributed by atoms with Gasteiger partial charge in [-0.05, 0) is 43.2 Å². The first kappa shape index (κ1) is 20.8. The lowest BCUT2D eigenvalue weighted by Crippen LogP contribution is -2.40. The molecule has 0 atom stereocenters. The van der Waals surface area contributed by atoms with Crippen molar-refractivity contribution in [2.75, 3.05) is 29.9 Å². The summed E-state index contributed by atoms with van der Waals surface area (Å²) in [6, 6.07) is 7.58. The Labute approximate surface area is 184 Å². The summed E-state index contributed by atoms with van der Waals surface area (Å²) < 4.78 is 5.71. The number of carbonyl (C=O) groups is 2. The molecule has 0 aliphatic carbocycles. The minimum Gasteiger partial charge on any atom is -0.492 e. The highest BCUT2D eigenvalue weighted by molar-refractivity contribution is 7.07. The summed E-state index contributed by atoms with van der Waals surface area (Å²) in [6.07, 6.45) is 1.50. The summed E-state index contributed by atoms with van der Waals surface area (Å²) >= 11 is 1.47. The van der Waals surface area contributed by atoms with E-state index in [0.29, 0.717) is 36.8 Å². The maximum atomic E-state index is 12.6. The fourth-order valence-electron chi connectivity index (χ4n) is 3.20. The summed E-state index contributed by atoms with van der Waals surface area (Å²) in [6.45, 7) is 5.28. The lowest BCUT2D eigenvalue weighted by Gasteiger charge is -2.29. The number of aromatic nitrogens is 2. The quantitative estimate of drug-likeness (QED) is 0.552. The average Bonchev–Trinajstić information content (AvgIpc) is 3.28. The van der Waals surface area contributed by atoms with E-state index in [1.165, 1.54) is 23.1 Å². The molecule has 1 aliphatic rings. The number of thiazole rings is 1. The number of nitrogens with one attached hydrogen (secondary N) is 2. The van der Waals surface area contributed by atoms with Crippen molar-refractivity contribution in [2.24, 2.45) is 0 Å². The first-order chi connectivity index (χ1) is 15.0. The molecule has 2 N–H and O–H groups in total. The van der Waals surface area contributed by atoms with Crippen molar-refractivity contribution in [3.8, 4) is 5.75 Å². The predicted octanol–water partition coefficient (Wildman–Crippen LogP) is 2.92. The zero-order chi connectivity index (χ0) is 21.8. The lowest BCUT2D eigenvalue weighted by atomic mass is 10.1. The van der Waals surface area contributed by atoms with E-state index < -0.39 is 0 Å². The second-order valence-electron chi connectivity index (χ2n) is 7.26. The molecule has 8 nitrogen and oxygen atoms in total. The van der Waals surface area contributed by atoms with E-state index in [0.717, 1.165) is 17.0 Å². The lowest BCUT2D eigenvalue weighted by molar-refractivity contribution is -0.117. The first-order valence-electron chi connectivity index (χ1n) is 9.91. The Morgan fingerprint density at radius 1 is 1.26 bits per heavy atom. The van der Waals surface area contributed by atoms with Crippen molar-refractivity contribution in [2.45, 2.75) is 20.4 Å². The summed E-state index contributed by atoms with van der Waals surface area (Å²) in [5, 5.41) is 7.73. The summed E-state index contributed by atoms with van der Waals surface area (Å²) in [7, 11) is 0. The van der Waals surface area contributed by atoms with Crippen LogP contribution in [-0.4, -0.2) is 41.5 Å². The van der Waals surface area contributed by atoms with Crippen LogP contribution in [0.3, 0.4) is 0 Å². The monoisotopic (exact) mass is 437 g/mol. The highest BCUT2D eigenvalue weighted by Gasteiger charge is 2.26. The fraction of sp³-hybridized carbons (Fsp3) is 0.273. The number of nitrogens with zero attached hydrogens (tertiary/aromatic N) is 3. The third kappa shape index (κ3) is 4.83. The largest absolute Gasteiger partial charge is 0.492 e. The van der Waals surface area contributed by atoms with Gasteiger partial charge in [0.15, 0.2) is 5.82 Å². The van der Waals surface area contributed by atoms with E-state index in [9.17, 15) is 9.59 Å². The molecule has 31 heavy (non-hydrogen) atoms. The van der Waals surface area contributed by atoms with Gasteiger partial charge in [-0.15, -0.1) is 11.3 Å². The van der Waals surface area contributed by atoms with Crippen molar-refractivity contribution in [1.29, 1.82) is 0 Å². The zero-order valence-corrected chi connectivity index (χ0v) is 18.2. The van der Waals surface area contributed by atoms with Crippen LogP contribution in [0.1, 0.15) is 27.2 Å².